The Balaban J connectivity index is 1.85. The van der Waals surface area contributed by atoms with E-state index in [1.54, 1.807) is 20.4 Å². The highest BCUT2D eigenvalue weighted by Gasteiger charge is 2.40. The number of hydrogen-bond donors (Lipinski definition) is 3. The molecule has 1 aliphatic carbocycles. The third kappa shape index (κ3) is 5.15. The number of nitrogen functional groups attached to an aromatic ring is 3. The van der Waals surface area contributed by atoms with Crippen molar-refractivity contribution < 1.29 is 14.2 Å². The van der Waals surface area contributed by atoms with Crippen LogP contribution in [0.5, 0.6) is 0 Å². The molecule has 0 amide bonds. The maximum absolute atomic E-state index is 6.53. The van der Waals surface area contributed by atoms with Crippen molar-refractivity contribution in [2.75, 3.05) is 31.4 Å². The molecule has 1 aromatic carbocycles. The van der Waals surface area contributed by atoms with Crippen LogP contribution in [0.2, 0.25) is 0 Å². The van der Waals surface area contributed by atoms with Gasteiger partial charge in [0.2, 0.25) is 11.7 Å². The molecule has 0 spiro atoms. The minimum absolute atomic E-state index is 0.0116. The number of nitrogens with zero attached hydrogens (tertiary/aromatic N) is 2. The Morgan fingerprint density at radius 3 is 2.48 bits per heavy atom. The third-order valence-electron chi connectivity index (χ3n) is 5.34. The van der Waals surface area contributed by atoms with Crippen molar-refractivity contribution >= 4 is 17.5 Å². The normalized spacial score (nSPS) is 21.5. The SMILES string of the molecule is CCCC(OC1(OC)C=CC(Cc2cnc(N)nc2N)C=C1OC)c1ccc(N)cc1. The van der Waals surface area contributed by atoms with Crippen LogP contribution in [0.3, 0.4) is 0 Å². The van der Waals surface area contributed by atoms with Gasteiger partial charge in [-0.3, -0.25) is 0 Å². The number of hydrogen-bond acceptors (Lipinski definition) is 8. The monoisotopic (exact) mass is 425 g/mol. The van der Waals surface area contributed by atoms with Gasteiger partial charge in [-0.2, -0.15) is 4.98 Å². The van der Waals surface area contributed by atoms with Crippen LogP contribution in [0, 0.1) is 5.92 Å². The zero-order valence-corrected chi connectivity index (χ0v) is 18.2. The standard InChI is InChI=1S/C23H31N5O3/c1-4-5-19(16-6-8-18(24)9-7-16)31-23(30-3)11-10-15(13-20(23)29-2)12-17-14-27-22(26)28-21(17)25/h6-11,13-15,19H,4-5,12,24H2,1-3H3,(H4,25,26,27,28). The molecule has 1 aliphatic rings. The van der Waals surface area contributed by atoms with Crippen molar-refractivity contribution in [3.63, 3.8) is 0 Å². The first-order chi connectivity index (χ1) is 14.9. The number of aromatic nitrogens is 2. The highest BCUT2D eigenvalue weighted by molar-refractivity contribution is 5.43. The molecule has 8 heteroatoms. The lowest BCUT2D eigenvalue weighted by molar-refractivity contribution is -0.214. The number of benzene rings is 1. The molecule has 6 N–H and O–H groups in total. The van der Waals surface area contributed by atoms with E-state index < -0.39 is 5.79 Å². The number of rotatable bonds is 9. The maximum atomic E-state index is 6.53. The van der Waals surface area contributed by atoms with Gasteiger partial charge in [0.15, 0.2) is 5.76 Å². The van der Waals surface area contributed by atoms with E-state index in [1.165, 1.54) is 0 Å². The van der Waals surface area contributed by atoms with E-state index in [4.69, 9.17) is 31.4 Å². The molecule has 0 saturated heterocycles. The molecule has 0 aliphatic heterocycles. The Labute approximate surface area is 183 Å². The van der Waals surface area contributed by atoms with Gasteiger partial charge in [0.25, 0.3) is 0 Å². The van der Waals surface area contributed by atoms with Crippen molar-refractivity contribution in [1.29, 1.82) is 0 Å². The summed E-state index contributed by atoms with van der Waals surface area (Å²) < 4.78 is 18.1. The highest BCUT2D eigenvalue weighted by atomic mass is 16.7. The van der Waals surface area contributed by atoms with Crippen LogP contribution in [0.25, 0.3) is 0 Å². The summed E-state index contributed by atoms with van der Waals surface area (Å²) in [5.41, 5.74) is 20.0. The number of anilines is 3. The summed E-state index contributed by atoms with van der Waals surface area (Å²) >= 11 is 0. The first-order valence-corrected chi connectivity index (χ1v) is 10.3. The molecule has 2 aromatic rings. The van der Waals surface area contributed by atoms with Gasteiger partial charge in [0.05, 0.1) is 13.2 Å². The molecule has 0 radical (unpaired) electrons. The lowest BCUT2D eigenvalue weighted by Crippen LogP contribution is -2.39. The van der Waals surface area contributed by atoms with Crippen LogP contribution in [0.1, 0.15) is 37.0 Å². The zero-order valence-electron chi connectivity index (χ0n) is 18.2. The second-order valence-corrected chi connectivity index (χ2v) is 7.53. The first-order valence-electron chi connectivity index (χ1n) is 10.3. The quantitative estimate of drug-likeness (QED) is 0.316. The molecule has 31 heavy (non-hydrogen) atoms. The topological polar surface area (TPSA) is 132 Å². The van der Waals surface area contributed by atoms with Crippen LogP contribution < -0.4 is 17.2 Å². The molecule has 1 aromatic heterocycles. The minimum Gasteiger partial charge on any atom is -0.495 e. The summed E-state index contributed by atoms with van der Waals surface area (Å²) in [5, 5.41) is 0. The average Bonchev–Trinajstić information content (AvgIpc) is 2.76. The Morgan fingerprint density at radius 1 is 1.13 bits per heavy atom. The van der Waals surface area contributed by atoms with Gasteiger partial charge in [-0.25, -0.2) is 4.98 Å². The van der Waals surface area contributed by atoms with Gasteiger partial charge in [0, 0.05) is 30.5 Å². The zero-order chi connectivity index (χ0) is 22.4. The van der Waals surface area contributed by atoms with Gasteiger partial charge in [-0.15, -0.1) is 0 Å². The number of nitrogens with two attached hydrogens (primary N) is 3. The van der Waals surface area contributed by atoms with Gasteiger partial charge >= 0.3 is 0 Å². The van der Waals surface area contributed by atoms with Gasteiger partial charge < -0.3 is 31.4 Å². The van der Waals surface area contributed by atoms with Crippen LogP contribution in [-0.2, 0) is 20.6 Å². The predicted molar refractivity (Wildman–Crippen MR) is 122 cm³/mol. The van der Waals surface area contributed by atoms with Crippen LogP contribution in [0.4, 0.5) is 17.5 Å². The summed E-state index contributed by atoms with van der Waals surface area (Å²) in [4.78, 5) is 8.07. The Kier molecular flexibility index (Phi) is 7.14. The molecule has 0 saturated carbocycles. The van der Waals surface area contributed by atoms with E-state index in [0.29, 0.717) is 23.7 Å². The molecule has 3 unspecified atom stereocenters. The Hall–Kier alpha value is -3.10. The number of allylic oxidation sites excluding steroid dienone is 2. The molecule has 0 fully saturated rings. The fourth-order valence-corrected chi connectivity index (χ4v) is 3.67. The van der Waals surface area contributed by atoms with Crippen molar-refractivity contribution in [2.45, 2.75) is 38.1 Å². The average molecular weight is 426 g/mol. The van der Waals surface area contributed by atoms with E-state index in [-0.39, 0.29) is 18.0 Å². The fraction of sp³-hybridized carbons (Fsp3) is 0.391. The molecular weight excluding hydrogens is 394 g/mol. The summed E-state index contributed by atoms with van der Waals surface area (Å²) in [6.45, 7) is 2.12. The summed E-state index contributed by atoms with van der Waals surface area (Å²) in [5.74, 6) is -0.00810. The number of ether oxygens (including phenoxy) is 3. The van der Waals surface area contributed by atoms with E-state index in [9.17, 15) is 0 Å². The largest absolute Gasteiger partial charge is 0.495 e. The molecule has 3 atom stereocenters. The number of methoxy groups -OCH3 is 2. The molecule has 3 rings (SSSR count). The predicted octanol–water partition coefficient (Wildman–Crippen LogP) is 3.38. The first kappa shape index (κ1) is 22.6. The fourth-order valence-electron chi connectivity index (χ4n) is 3.67. The Morgan fingerprint density at radius 2 is 1.87 bits per heavy atom. The van der Waals surface area contributed by atoms with Gasteiger partial charge in [-0.05, 0) is 42.7 Å². The van der Waals surface area contributed by atoms with E-state index in [2.05, 4.69) is 16.9 Å². The van der Waals surface area contributed by atoms with Crippen molar-refractivity contribution in [3.05, 3.63) is 65.6 Å². The van der Waals surface area contributed by atoms with Crippen LogP contribution in [-0.4, -0.2) is 30.0 Å². The molecule has 0 bridgehead atoms. The van der Waals surface area contributed by atoms with Crippen molar-refractivity contribution in [3.8, 4) is 0 Å². The molecule has 8 nitrogen and oxygen atoms in total. The van der Waals surface area contributed by atoms with Crippen molar-refractivity contribution in [2.24, 2.45) is 5.92 Å². The third-order valence-corrected chi connectivity index (χ3v) is 5.34. The van der Waals surface area contributed by atoms with E-state index in [0.717, 1.165) is 24.0 Å². The van der Waals surface area contributed by atoms with E-state index in [1.807, 2.05) is 42.5 Å². The molecule has 166 valence electrons. The van der Waals surface area contributed by atoms with Gasteiger partial charge in [-0.1, -0.05) is 31.6 Å². The van der Waals surface area contributed by atoms with Crippen molar-refractivity contribution in [1.82, 2.24) is 9.97 Å². The smallest absolute Gasteiger partial charge is 0.248 e. The maximum Gasteiger partial charge on any atom is 0.248 e. The van der Waals surface area contributed by atoms with Crippen LogP contribution in [0.15, 0.2) is 54.4 Å². The van der Waals surface area contributed by atoms with Gasteiger partial charge in [0.1, 0.15) is 5.82 Å². The second kappa shape index (κ2) is 9.80. The Bertz CT molecular complexity index is 945. The summed E-state index contributed by atoms with van der Waals surface area (Å²) in [6.07, 6.45) is 9.73. The molecular formula is C23H31N5O3. The lowest BCUT2D eigenvalue weighted by atomic mass is 9.92. The van der Waals surface area contributed by atoms with Crippen LogP contribution >= 0.6 is 0 Å². The lowest BCUT2D eigenvalue weighted by Gasteiger charge is -2.37. The highest BCUT2D eigenvalue weighted by Crippen LogP contribution is 2.38. The van der Waals surface area contributed by atoms with E-state index >= 15 is 0 Å². The minimum atomic E-state index is -1.13. The molecule has 1 heterocycles. The summed E-state index contributed by atoms with van der Waals surface area (Å²) in [7, 11) is 3.22. The summed E-state index contributed by atoms with van der Waals surface area (Å²) in [6, 6.07) is 7.71. The second-order valence-electron chi connectivity index (χ2n) is 7.53.